The maximum atomic E-state index is 13.3. The molecule has 0 bridgehead atoms. The molecule has 1 N–H and O–H groups in total. The summed E-state index contributed by atoms with van der Waals surface area (Å²) in [5.74, 6) is -0.271. The zero-order valence-corrected chi connectivity index (χ0v) is 10.4. The monoisotopic (exact) mass is 238 g/mol. The van der Waals surface area contributed by atoms with E-state index in [-0.39, 0.29) is 18.0 Å². The summed E-state index contributed by atoms with van der Waals surface area (Å²) >= 11 is 0. The Morgan fingerprint density at radius 3 is 2.76 bits per heavy atom. The fourth-order valence-electron chi connectivity index (χ4n) is 1.59. The fraction of sp³-hybridized carbons (Fsp3) is 0.462. The van der Waals surface area contributed by atoms with Crippen molar-refractivity contribution in [3.63, 3.8) is 0 Å². The largest absolute Gasteiger partial charge is 0.318 e. The Labute approximate surface area is 102 Å². The van der Waals surface area contributed by atoms with Crippen molar-refractivity contribution in [1.82, 2.24) is 10.2 Å². The number of carbonyl (C=O) groups excluding carboxylic acids is 1. The molecule has 1 rings (SSSR count). The zero-order chi connectivity index (χ0) is 12.7. The minimum Gasteiger partial charge on any atom is -0.318 e. The van der Waals surface area contributed by atoms with E-state index in [0.29, 0.717) is 12.1 Å². The molecule has 0 atom stereocenters. The first kappa shape index (κ1) is 13.8. The molecule has 4 heteroatoms. The molecule has 1 aromatic rings. The standard InChI is InChI=1S/C13H19FN2O/c1-15-7-8-16(2)10-12(17)9-11-5-3-4-6-13(11)14/h3-6,15H,7-10H2,1-2H3. The summed E-state index contributed by atoms with van der Waals surface area (Å²) in [6.45, 7) is 2.00. The van der Waals surface area contributed by atoms with Gasteiger partial charge in [0.25, 0.3) is 0 Å². The van der Waals surface area contributed by atoms with Crippen LogP contribution in [0, 0.1) is 5.82 Å². The molecule has 0 heterocycles. The van der Waals surface area contributed by atoms with Crippen LogP contribution in [-0.2, 0) is 11.2 Å². The van der Waals surface area contributed by atoms with E-state index in [4.69, 9.17) is 0 Å². The van der Waals surface area contributed by atoms with E-state index < -0.39 is 0 Å². The lowest BCUT2D eigenvalue weighted by atomic mass is 10.1. The molecule has 0 aliphatic carbocycles. The minimum absolute atomic E-state index is 0.0358. The number of likely N-dealkylation sites (N-methyl/N-ethyl adjacent to an activating group) is 2. The molecule has 0 saturated heterocycles. The summed E-state index contributed by atoms with van der Waals surface area (Å²) in [6, 6.07) is 6.41. The lowest BCUT2D eigenvalue weighted by molar-refractivity contribution is -0.119. The molecule has 0 amide bonds. The van der Waals surface area contributed by atoms with Gasteiger partial charge in [-0.1, -0.05) is 18.2 Å². The van der Waals surface area contributed by atoms with E-state index in [9.17, 15) is 9.18 Å². The van der Waals surface area contributed by atoms with E-state index in [1.807, 2.05) is 19.0 Å². The number of carbonyl (C=O) groups is 1. The van der Waals surface area contributed by atoms with E-state index in [2.05, 4.69) is 5.32 Å². The summed E-state index contributed by atoms with van der Waals surface area (Å²) in [4.78, 5) is 13.6. The smallest absolute Gasteiger partial charge is 0.151 e. The summed E-state index contributed by atoms with van der Waals surface area (Å²) in [6.07, 6.45) is 0.163. The number of hydrogen-bond donors (Lipinski definition) is 1. The van der Waals surface area contributed by atoms with Crippen molar-refractivity contribution in [1.29, 1.82) is 0 Å². The molecule has 3 nitrogen and oxygen atoms in total. The van der Waals surface area contributed by atoms with E-state index in [1.54, 1.807) is 18.2 Å². The molecule has 1 aromatic carbocycles. The Bertz CT molecular complexity index is 368. The van der Waals surface area contributed by atoms with Crippen LogP contribution in [0.2, 0.25) is 0 Å². The minimum atomic E-state index is -0.307. The number of nitrogens with zero attached hydrogens (tertiary/aromatic N) is 1. The maximum absolute atomic E-state index is 13.3. The highest BCUT2D eigenvalue weighted by atomic mass is 19.1. The number of ketones is 1. The molecule has 0 aromatic heterocycles. The van der Waals surface area contributed by atoms with E-state index >= 15 is 0 Å². The molecule has 0 fully saturated rings. The van der Waals surface area contributed by atoms with Gasteiger partial charge in [0, 0.05) is 19.5 Å². The SMILES string of the molecule is CNCCN(C)CC(=O)Cc1ccccc1F. The van der Waals surface area contributed by atoms with Crippen molar-refractivity contribution >= 4 is 5.78 Å². The second kappa shape index (κ2) is 7.14. The Hall–Kier alpha value is -1.26. The highest BCUT2D eigenvalue weighted by molar-refractivity contribution is 5.82. The van der Waals surface area contributed by atoms with Crippen molar-refractivity contribution in [3.05, 3.63) is 35.6 Å². The number of hydrogen-bond acceptors (Lipinski definition) is 3. The van der Waals surface area contributed by atoms with Gasteiger partial charge in [-0.05, 0) is 25.7 Å². The average Bonchev–Trinajstić information content (AvgIpc) is 2.29. The van der Waals surface area contributed by atoms with Crippen molar-refractivity contribution < 1.29 is 9.18 Å². The Balaban J connectivity index is 2.42. The first-order valence-electron chi connectivity index (χ1n) is 5.71. The van der Waals surface area contributed by atoms with Crippen LogP contribution in [0.5, 0.6) is 0 Å². The number of halogens is 1. The lowest BCUT2D eigenvalue weighted by Crippen LogP contribution is -2.32. The Kier molecular flexibility index (Phi) is 5.80. The zero-order valence-electron chi connectivity index (χ0n) is 10.4. The van der Waals surface area contributed by atoms with Gasteiger partial charge in [0.2, 0.25) is 0 Å². The topological polar surface area (TPSA) is 32.3 Å². The van der Waals surface area contributed by atoms with Gasteiger partial charge in [0.1, 0.15) is 5.82 Å². The van der Waals surface area contributed by atoms with Gasteiger partial charge in [0.05, 0.1) is 6.54 Å². The van der Waals surface area contributed by atoms with Crippen LogP contribution in [-0.4, -0.2) is 44.4 Å². The number of rotatable bonds is 7. The molecular formula is C13H19FN2O. The number of nitrogens with one attached hydrogen (secondary N) is 1. The summed E-state index contributed by atoms with van der Waals surface area (Å²) in [5, 5.41) is 3.02. The summed E-state index contributed by atoms with van der Waals surface area (Å²) in [7, 11) is 3.76. The van der Waals surface area contributed by atoms with Gasteiger partial charge in [-0.25, -0.2) is 4.39 Å². The second-order valence-electron chi connectivity index (χ2n) is 4.15. The molecular weight excluding hydrogens is 219 g/mol. The molecule has 94 valence electrons. The van der Waals surface area contributed by atoms with Gasteiger partial charge in [-0.15, -0.1) is 0 Å². The van der Waals surface area contributed by atoms with Crippen molar-refractivity contribution in [3.8, 4) is 0 Å². The molecule has 0 spiro atoms. The Morgan fingerprint density at radius 2 is 2.12 bits per heavy atom. The van der Waals surface area contributed by atoms with E-state index in [0.717, 1.165) is 13.1 Å². The molecule has 0 unspecified atom stereocenters. The van der Waals surface area contributed by atoms with Crippen molar-refractivity contribution in [2.24, 2.45) is 0 Å². The first-order chi connectivity index (χ1) is 8.13. The van der Waals surface area contributed by atoms with Gasteiger partial charge >= 0.3 is 0 Å². The van der Waals surface area contributed by atoms with Crippen LogP contribution < -0.4 is 5.32 Å². The van der Waals surface area contributed by atoms with Gasteiger partial charge in [-0.3, -0.25) is 9.69 Å². The number of Topliss-reactive ketones (excluding diaryl/α,β-unsaturated/α-hetero) is 1. The maximum Gasteiger partial charge on any atom is 0.151 e. The van der Waals surface area contributed by atoms with Crippen LogP contribution in [0.3, 0.4) is 0 Å². The predicted molar refractivity (Wildman–Crippen MR) is 66.5 cm³/mol. The molecule has 0 aliphatic heterocycles. The average molecular weight is 238 g/mol. The van der Waals surface area contributed by atoms with Gasteiger partial charge in [0.15, 0.2) is 5.78 Å². The lowest BCUT2D eigenvalue weighted by Gasteiger charge is -2.15. The molecule has 0 saturated carbocycles. The predicted octanol–water partition coefficient (Wildman–Crippen LogP) is 1.09. The van der Waals surface area contributed by atoms with Crippen LogP contribution in [0.1, 0.15) is 5.56 Å². The van der Waals surface area contributed by atoms with Crippen LogP contribution in [0.4, 0.5) is 4.39 Å². The third kappa shape index (κ3) is 5.06. The number of benzene rings is 1. The summed E-state index contributed by atoms with van der Waals surface area (Å²) in [5.41, 5.74) is 0.472. The van der Waals surface area contributed by atoms with Crippen LogP contribution in [0.15, 0.2) is 24.3 Å². The summed E-state index contributed by atoms with van der Waals surface area (Å²) < 4.78 is 13.3. The normalized spacial score (nSPS) is 10.8. The first-order valence-corrected chi connectivity index (χ1v) is 5.71. The highest BCUT2D eigenvalue weighted by Gasteiger charge is 2.09. The van der Waals surface area contributed by atoms with Gasteiger partial charge < -0.3 is 5.32 Å². The Morgan fingerprint density at radius 1 is 1.41 bits per heavy atom. The third-order valence-corrected chi connectivity index (χ3v) is 2.54. The molecule has 17 heavy (non-hydrogen) atoms. The second-order valence-corrected chi connectivity index (χ2v) is 4.15. The van der Waals surface area contributed by atoms with Crippen molar-refractivity contribution in [2.45, 2.75) is 6.42 Å². The van der Waals surface area contributed by atoms with Crippen LogP contribution in [0.25, 0.3) is 0 Å². The van der Waals surface area contributed by atoms with Crippen molar-refractivity contribution in [2.75, 3.05) is 33.7 Å². The molecule has 0 radical (unpaired) electrons. The fourth-order valence-corrected chi connectivity index (χ4v) is 1.59. The van der Waals surface area contributed by atoms with Gasteiger partial charge in [-0.2, -0.15) is 0 Å². The molecule has 0 aliphatic rings. The quantitative estimate of drug-likeness (QED) is 0.771. The van der Waals surface area contributed by atoms with Crippen LogP contribution >= 0.6 is 0 Å². The highest BCUT2D eigenvalue weighted by Crippen LogP contribution is 2.07. The third-order valence-electron chi connectivity index (χ3n) is 2.54. The van der Waals surface area contributed by atoms with E-state index in [1.165, 1.54) is 6.07 Å².